The lowest BCUT2D eigenvalue weighted by Gasteiger charge is -2.28. The van der Waals surface area contributed by atoms with E-state index in [2.05, 4.69) is 15.5 Å². The third kappa shape index (κ3) is 2.41. The number of aromatic nitrogens is 2. The molecular weight excluding hydrogens is 204 g/mol. The fraction of sp³-hybridized carbons (Fsp3) is 0.636. The molecule has 1 aromatic heterocycles. The average Bonchev–Trinajstić information content (AvgIpc) is 2.68. The molecule has 0 bridgehead atoms. The van der Waals surface area contributed by atoms with Crippen LogP contribution >= 0.6 is 0 Å². The van der Waals surface area contributed by atoms with Gasteiger partial charge in [-0.1, -0.05) is 12.8 Å². The smallest absolute Gasteiger partial charge is 0.272 e. The van der Waals surface area contributed by atoms with Gasteiger partial charge < -0.3 is 11.1 Å². The Balaban J connectivity index is 1.96. The van der Waals surface area contributed by atoms with E-state index in [1.807, 2.05) is 6.92 Å². The first-order chi connectivity index (χ1) is 7.66. The van der Waals surface area contributed by atoms with Crippen LogP contribution in [0.1, 0.15) is 41.9 Å². The molecule has 2 rings (SSSR count). The quantitative estimate of drug-likeness (QED) is 0.689. The number of rotatable bonds is 2. The Morgan fingerprint density at radius 2 is 2.31 bits per heavy atom. The highest BCUT2D eigenvalue weighted by atomic mass is 16.2. The summed E-state index contributed by atoms with van der Waals surface area (Å²) >= 11 is 0. The predicted molar refractivity (Wildman–Crippen MR) is 61.0 cm³/mol. The number of H-pyrrole nitrogens is 1. The third-order valence-corrected chi connectivity index (χ3v) is 3.07. The fourth-order valence-corrected chi connectivity index (χ4v) is 2.12. The number of nitrogens with one attached hydrogen (secondary N) is 2. The molecule has 0 saturated heterocycles. The second-order valence-corrected chi connectivity index (χ2v) is 4.46. The van der Waals surface area contributed by atoms with Crippen LogP contribution in [0.3, 0.4) is 0 Å². The van der Waals surface area contributed by atoms with Crippen molar-refractivity contribution in [2.45, 2.75) is 44.7 Å². The van der Waals surface area contributed by atoms with Crippen LogP contribution in [0.2, 0.25) is 0 Å². The molecule has 0 radical (unpaired) electrons. The van der Waals surface area contributed by atoms with E-state index in [1.165, 1.54) is 0 Å². The van der Waals surface area contributed by atoms with E-state index in [0.29, 0.717) is 5.69 Å². The largest absolute Gasteiger partial charge is 0.346 e. The number of aryl methyl sites for hydroxylation is 1. The van der Waals surface area contributed by atoms with Gasteiger partial charge in [0.15, 0.2) is 0 Å². The molecule has 5 nitrogen and oxygen atoms in total. The second-order valence-electron chi connectivity index (χ2n) is 4.46. The van der Waals surface area contributed by atoms with Gasteiger partial charge in [-0.3, -0.25) is 9.89 Å². The summed E-state index contributed by atoms with van der Waals surface area (Å²) in [4.78, 5) is 11.8. The summed E-state index contributed by atoms with van der Waals surface area (Å²) in [5, 5.41) is 9.64. The molecule has 88 valence electrons. The molecule has 0 unspecified atom stereocenters. The zero-order valence-electron chi connectivity index (χ0n) is 9.49. The number of nitrogens with zero attached hydrogens (tertiary/aromatic N) is 1. The first-order valence-corrected chi connectivity index (χ1v) is 5.75. The van der Waals surface area contributed by atoms with Gasteiger partial charge in [0.1, 0.15) is 5.69 Å². The molecule has 1 amide bonds. The van der Waals surface area contributed by atoms with Crippen molar-refractivity contribution in [3.05, 3.63) is 17.5 Å². The van der Waals surface area contributed by atoms with E-state index >= 15 is 0 Å². The lowest BCUT2D eigenvalue weighted by Crippen LogP contribution is -2.49. The summed E-state index contributed by atoms with van der Waals surface area (Å²) in [5.74, 6) is -0.133. The standard InChI is InChI=1S/C11H18N4O/c1-7-6-10(15-14-7)11(16)13-9-5-3-2-4-8(9)12/h6,8-9H,2-5,12H2,1H3,(H,13,16)(H,14,15)/t8-,9-/m0/s1. The van der Waals surface area contributed by atoms with Crippen molar-refractivity contribution >= 4 is 5.91 Å². The molecule has 0 spiro atoms. The molecule has 1 heterocycles. The Morgan fingerprint density at radius 3 is 2.94 bits per heavy atom. The van der Waals surface area contributed by atoms with Crippen molar-refractivity contribution in [1.82, 2.24) is 15.5 Å². The number of aromatic amines is 1. The van der Waals surface area contributed by atoms with Gasteiger partial charge >= 0.3 is 0 Å². The van der Waals surface area contributed by atoms with Gasteiger partial charge in [-0.25, -0.2) is 0 Å². The topological polar surface area (TPSA) is 83.8 Å². The summed E-state index contributed by atoms with van der Waals surface area (Å²) in [6.45, 7) is 1.87. The van der Waals surface area contributed by atoms with Crippen LogP contribution in [0.5, 0.6) is 0 Å². The van der Waals surface area contributed by atoms with Crippen molar-refractivity contribution in [1.29, 1.82) is 0 Å². The van der Waals surface area contributed by atoms with Gasteiger partial charge in [-0.05, 0) is 25.8 Å². The van der Waals surface area contributed by atoms with Crippen LogP contribution in [-0.4, -0.2) is 28.2 Å². The minimum atomic E-state index is -0.133. The Kier molecular flexibility index (Phi) is 3.24. The van der Waals surface area contributed by atoms with E-state index < -0.39 is 0 Å². The number of nitrogens with two attached hydrogens (primary N) is 1. The highest BCUT2D eigenvalue weighted by Crippen LogP contribution is 2.17. The predicted octanol–water partition coefficient (Wildman–Crippen LogP) is 0.718. The molecule has 4 N–H and O–H groups in total. The summed E-state index contributed by atoms with van der Waals surface area (Å²) in [6, 6.07) is 1.92. The van der Waals surface area contributed by atoms with Crippen LogP contribution in [0, 0.1) is 6.92 Å². The Hall–Kier alpha value is -1.36. The minimum Gasteiger partial charge on any atom is -0.346 e. The third-order valence-electron chi connectivity index (χ3n) is 3.07. The number of hydrogen-bond donors (Lipinski definition) is 3. The molecule has 1 saturated carbocycles. The SMILES string of the molecule is Cc1cc(C(=O)N[C@H]2CCCC[C@@H]2N)n[nH]1. The van der Waals surface area contributed by atoms with Crippen molar-refractivity contribution in [3.63, 3.8) is 0 Å². The molecule has 1 fully saturated rings. The van der Waals surface area contributed by atoms with Gasteiger partial charge in [0.25, 0.3) is 5.91 Å². The maximum atomic E-state index is 11.8. The van der Waals surface area contributed by atoms with Crippen LogP contribution in [0.15, 0.2) is 6.07 Å². The molecule has 0 aromatic carbocycles. The van der Waals surface area contributed by atoms with E-state index in [1.54, 1.807) is 6.07 Å². The van der Waals surface area contributed by atoms with Gasteiger partial charge in [-0.2, -0.15) is 5.10 Å². The number of carbonyl (C=O) groups excluding carboxylic acids is 1. The van der Waals surface area contributed by atoms with Crippen LogP contribution in [0.4, 0.5) is 0 Å². The summed E-state index contributed by atoms with van der Waals surface area (Å²) in [7, 11) is 0. The maximum Gasteiger partial charge on any atom is 0.272 e. The monoisotopic (exact) mass is 222 g/mol. The zero-order chi connectivity index (χ0) is 11.5. The van der Waals surface area contributed by atoms with Gasteiger partial charge in [0.05, 0.1) is 0 Å². The van der Waals surface area contributed by atoms with Gasteiger partial charge in [-0.15, -0.1) is 0 Å². The lowest BCUT2D eigenvalue weighted by atomic mass is 9.91. The summed E-state index contributed by atoms with van der Waals surface area (Å²) in [5.41, 5.74) is 7.29. The van der Waals surface area contributed by atoms with Crippen LogP contribution in [0.25, 0.3) is 0 Å². The van der Waals surface area contributed by atoms with Gasteiger partial charge in [0, 0.05) is 17.8 Å². The summed E-state index contributed by atoms with van der Waals surface area (Å²) < 4.78 is 0. The van der Waals surface area contributed by atoms with Crippen LogP contribution < -0.4 is 11.1 Å². The first kappa shape index (κ1) is 11.1. The Labute approximate surface area is 94.8 Å². The normalized spacial score (nSPS) is 25.4. The van der Waals surface area contributed by atoms with Crippen LogP contribution in [-0.2, 0) is 0 Å². The lowest BCUT2D eigenvalue weighted by molar-refractivity contribution is 0.0916. The maximum absolute atomic E-state index is 11.8. The number of amides is 1. The molecule has 5 heteroatoms. The van der Waals surface area contributed by atoms with Crippen molar-refractivity contribution in [2.75, 3.05) is 0 Å². The van der Waals surface area contributed by atoms with E-state index in [9.17, 15) is 4.79 Å². The molecule has 16 heavy (non-hydrogen) atoms. The molecule has 1 aliphatic rings. The minimum absolute atomic E-state index is 0.0812. The Bertz CT molecular complexity index is 374. The molecule has 0 aliphatic heterocycles. The highest BCUT2D eigenvalue weighted by Gasteiger charge is 2.24. The van der Waals surface area contributed by atoms with E-state index in [4.69, 9.17) is 5.73 Å². The fourth-order valence-electron chi connectivity index (χ4n) is 2.12. The average molecular weight is 222 g/mol. The van der Waals surface area contributed by atoms with Crippen molar-refractivity contribution in [2.24, 2.45) is 5.73 Å². The first-order valence-electron chi connectivity index (χ1n) is 5.75. The molecule has 2 atom stereocenters. The zero-order valence-corrected chi connectivity index (χ0v) is 9.49. The van der Waals surface area contributed by atoms with E-state index in [-0.39, 0.29) is 18.0 Å². The number of carbonyl (C=O) groups is 1. The van der Waals surface area contributed by atoms with Gasteiger partial charge in [0.2, 0.25) is 0 Å². The van der Waals surface area contributed by atoms with E-state index in [0.717, 1.165) is 31.4 Å². The van der Waals surface area contributed by atoms with Crippen molar-refractivity contribution < 1.29 is 4.79 Å². The Morgan fingerprint density at radius 1 is 1.56 bits per heavy atom. The number of hydrogen-bond acceptors (Lipinski definition) is 3. The molecular formula is C11H18N4O. The molecule has 1 aliphatic carbocycles. The van der Waals surface area contributed by atoms with Crippen molar-refractivity contribution in [3.8, 4) is 0 Å². The molecule has 1 aromatic rings. The summed E-state index contributed by atoms with van der Waals surface area (Å²) in [6.07, 6.45) is 4.26. The highest BCUT2D eigenvalue weighted by molar-refractivity contribution is 5.92. The second kappa shape index (κ2) is 4.65.